The van der Waals surface area contributed by atoms with E-state index in [4.69, 9.17) is 10.5 Å². The second-order valence-corrected chi connectivity index (χ2v) is 7.02. The minimum Gasteiger partial charge on any atom is -0.192 e. The van der Waals surface area contributed by atoms with Gasteiger partial charge in [-0.05, 0) is 35.2 Å². The van der Waals surface area contributed by atoms with Gasteiger partial charge in [0.05, 0.1) is 0 Å². The molecule has 0 bridgehead atoms. The molecule has 2 nitrogen and oxygen atoms in total. The van der Waals surface area contributed by atoms with Crippen LogP contribution in [0.25, 0.3) is 0 Å². The zero-order chi connectivity index (χ0) is 14.0. The fourth-order valence-electron chi connectivity index (χ4n) is 2.52. The van der Waals surface area contributed by atoms with Crippen LogP contribution in [0.3, 0.4) is 0 Å². The Morgan fingerprint density at radius 2 is 1.89 bits per heavy atom. The molecule has 1 aliphatic rings. The molecule has 0 saturated carbocycles. The van der Waals surface area contributed by atoms with Crippen molar-refractivity contribution in [1.29, 1.82) is 10.5 Å². The molecule has 0 aromatic carbocycles. The van der Waals surface area contributed by atoms with Crippen molar-refractivity contribution in [1.82, 2.24) is 0 Å². The Morgan fingerprint density at radius 3 is 2.28 bits per heavy atom. The van der Waals surface area contributed by atoms with Gasteiger partial charge in [0, 0.05) is 0 Å². The highest BCUT2D eigenvalue weighted by Gasteiger charge is 2.34. The maximum Gasteiger partial charge on any atom is 0.132 e. The van der Waals surface area contributed by atoms with Gasteiger partial charge in [-0.25, -0.2) is 0 Å². The maximum atomic E-state index is 8.94. The lowest BCUT2D eigenvalue weighted by atomic mass is 9.65. The van der Waals surface area contributed by atoms with E-state index in [0.29, 0.717) is 11.3 Å². The third-order valence-electron chi connectivity index (χ3n) is 3.56. The highest BCUT2D eigenvalue weighted by molar-refractivity contribution is 5.46. The van der Waals surface area contributed by atoms with E-state index in [1.807, 2.05) is 18.2 Å². The molecule has 1 unspecified atom stereocenters. The summed E-state index contributed by atoms with van der Waals surface area (Å²) in [5, 5.41) is 17.9. The number of nitrogens with zero attached hydrogens (tertiary/aromatic N) is 2. The lowest BCUT2D eigenvalue weighted by molar-refractivity contribution is 0.181. The van der Waals surface area contributed by atoms with Crippen LogP contribution in [0.2, 0.25) is 0 Å². The van der Waals surface area contributed by atoms with Gasteiger partial charge in [-0.15, -0.1) is 0 Å². The Bertz CT molecular complexity index is 443. The summed E-state index contributed by atoms with van der Waals surface area (Å²) in [6, 6.07) is 3.98. The lowest BCUT2D eigenvalue weighted by Gasteiger charge is -2.39. The van der Waals surface area contributed by atoms with E-state index in [0.717, 1.165) is 18.4 Å². The third-order valence-corrected chi connectivity index (χ3v) is 3.56. The van der Waals surface area contributed by atoms with Crippen molar-refractivity contribution in [2.45, 2.75) is 47.5 Å². The van der Waals surface area contributed by atoms with Crippen molar-refractivity contribution in [3.8, 4) is 12.1 Å². The molecule has 1 rings (SSSR count). The van der Waals surface area contributed by atoms with Gasteiger partial charge < -0.3 is 0 Å². The van der Waals surface area contributed by atoms with E-state index < -0.39 is 0 Å². The van der Waals surface area contributed by atoms with Gasteiger partial charge in [-0.1, -0.05) is 46.8 Å². The first-order valence-corrected chi connectivity index (χ1v) is 6.41. The average molecular weight is 242 g/mol. The van der Waals surface area contributed by atoms with Crippen LogP contribution in [-0.2, 0) is 0 Å². The molecule has 0 N–H and O–H groups in total. The second-order valence-electron chi connectivity index (χ2n) is 7.02. The quantitative estimate of drug-likeness (QED) is 0.641. The molecule has 18 heavy (non-hydrogen) atoms. The van der Waals surface area contributed by atoms with Crippen LogP contribution < -0.4 is 0 Å². The average Bonchev–Trinajstić information content (AvgIpc) is 2.21. The fraction of sp³-hybridized carbons (Fsp3) is 0.625. The Labute approximate surface area is 111 Å². The Kier molecular flexibility index (Phi) is 4.02. The smallest absolute Gasteiger partial charge is 0.132 e. The third kappa shape index (κ3) is 3.47. The maximum absolute atomic E-state index is 8.94. The van der Waals surface area contributed by atoms with Gasteiger partial charge >= 0.3 is 0 Å². The van der Waals surface area contributed by atoms with E-state index in [1.54, 1.807) is 0 Å². The van der Waals surface area contributed by atoms with Crippen molar-refractivity contribution in [3.05, 3.63) is 23.3 Å². The molecule has 1 aliphatic carbocycles. The van der Waals surface area contributed by atoms with Crippen LogP contribution in [-0.4, -0.2) is 0 Å². The Hall–Kier alpha value is -1.54. The van der Waals surface area contributed by atoms with Gasteiger partial charge in [0.1, 0.15) is 17.7 Å². The summed E-state index contributed by atoms with van der Waals surface area (Å²) in [6.07, 6.45) is 6.08. The van der Waals surface area contributed by atoms with Crippen molar-refractivity contribution in [3.63, 3.8) is 0 Å². The molecule has 0 amide bonds. The topological polar surface area (TPSA) is 47.6 Å². The summed E-state index contributed by atoms with van der Waals surface area (Å²) in [7, 11) is 0. The van der Waals surface area contributed by atoms with Crippen LogP contribution in [0.5, 0.6) is 0 Å². The zero-order valence-electron chi connectivity index (χ0n) is 12.0. The molecule has 96 valence electrons. The minimum atomic E-state index is 0.107. The first-order valence-electron chi connectivity index (χ1n) is 6.41. The number of rotatable bonds is 1. The first-order chi connectivity index (χ1) is 8.19. The van der Waals surface area contributed by atoms with Crippen LogP contribution in [0.1, 0.15) is 47.5 Å². The van der Waals surface area contributed by atoms with Gasteiger partial charge in [-0.2, -0.15) is 10.5 Å². The van der Waals surface area contributed by atoms with E-state index in [1.165, 1.54) is 0 Å². The molecular weight excluding hydrogens is 220 g/mol. The van der Waals surface area contributed by atoms with Gasteiger partial charge in [0.2, 0.25) is 0 Å². The van der Waals surface area contributed by atoms with Gasteiger partial charge in [-0.3, -0.25) is 0 Å². The Morgan fingerprint density at radius 1 is 1.33 bits per heavy atom. The summed E-state index contributed by atoms with van der Waals surface area (Å²) >= 11 is 0. The lowest BCUT2D eigenvalue weighted by Crippen LogP contribution is -2.29. The van der Waals surface area contributed by atoms with Gasteiger partial charge in [0.25, 0.3) is 0 Å². The number of allylic oxidation sites excluding steroid dienone is 4. The standard InChI is InChI=1S/C16H22N2/c1-15(2,3)9-14-7-6-12(8-16(14,4)5)13(10-17)11-18/h6-7,14H,8-9H2,1-5H3. The van der Waals surface area contributed by atoms with Crippen molar-refractivity contribution in [2.24, 2.45) is 16.7 Å². The summed E-state index contributed by atoms with van der Waals surface area (Å²) in [6.45, 7) is 11.2. The molecule has 0 fully saturated rings. The largest absolute Gasteiger partial charge is 0.192 e. The molecule has 0 aliphatic heterocycles. The fourth-order valence-corrected chi connectivity index (χ4v) is 2.52. The minimum absolute atomic E-state index is 0.107. The zero-order valence-corrected chi connectivity index (χ0v) is 12.0. The predicted octanol–water partition coefficient (Wildman–Crippen LogP) is 4.37. The predicted molar refractivity (Wildman–Crippen MR) is 73.4 cm³/mol. The van der Waals surface area contributed by atoms with Crippen LogP contribution in [0.4, 0.5) is 0 Å². The summed E-state index contributed by atoms with van der Waals surface area (Å²) < 4.78 is 0. The second kappa shape index (κ2) is 4.99. The molecule has 0 radical (unpaired) electrons. The summed E-state index contributed by atoms with van der Waals surface area (Å²) in [5.74, 6) is 0.500. The first kappa shape index (κ1) is 14.5. The normalized spacial score (nSPS) is 22.2. The molecule has 1 atom stereocenters. The van der Waals surface area contributed by atoms with E-state index in [2.05, 4.69) is 40.7 Å². The number of hydrogen-bond acceptors (Lipinski definition) is 2. The highest BCUT2D eigenvalue weighted by Crippen LogP contribution is 2.44. The van der Waals surface area contributed by atoms with E-state index in [-0.39, 0.29) is 11.0 Å². The van der Waals surface area contributed by atoms with Crippen LogP contribution >= 0.6 is 0 Å². The van der Waals surface area contributed by atoms with Crippen molar-refractivity contribution >= 4 is 0 Å². The van der Waals surface area contributed by atoms with E-state index >= 15 is 0 Å². The van der Waals surface area contributed by atoms with Crippen molar-refractivity contribution in [2.75, 3.05) is 0 Å². The van der Waals surface area contributed by atoms with Crippen LogP contribution in [0, 0.1) is 39.4 Å². The summed E-state index contributed by atoms with van der Waals surface area (Å²) in [4.78, 5) is 0. The number of hydrogen-bond donors (Lipinski definition) is 0. The van der Waals surface area contributed by atoms with E-state index in [9.17, 15) is 0 Å². The molecular formula is C16H22N2. The molecule has 0 heterocycles. The van der Waals surface area contributed by atoms with Crippen LogP contribution in [0.15, 0.2) is 23.3 Å². The Balaban J connectivity index is 3.06. The molecule has 0 spiro atoms. The SMILES string of the molecule is CC(C)(C)CC1C=CC(=C(C#N)C#N)CC1(C)C. The molecule has 0 saturated heterocycles. The van der Waals surface area contributed by atoms with Crippen molar-refractivity contribution < 1.29 is 0 Å². The molecule has 2 heteroatoms. The number of nitriles is 2. The molecule has 0 aromatic rings. The molecule has 0 aromatic heterocycles. The van der Waals surface area contributed by atoms with Gasteiger partial charge in [0.15, 0.2) is 0 Å². The summed E-state index contributed by atoms with van der Waals surface area (Å²) in [5.41, 5.74) is 1.54. The highest BCUT2D eigenvalue weighted by atomic mass is 14.4. The monoisotopic (exact) mass is 242 g/mol.